The standard InChI is InChI=1S/C3H7NO2/c4-3(1-5)2-6/h1,5-6H,2,4H2/b3-1+. The molecule has 0 aliphatic rings. The fourth-order valence-electron chi connectivity index (χ4n) is 0.0408. The Kier molecular flexibility index (Phi) is 2.24. The van der Waals surface area contributed by atoms with Crippen molar-refractivity contribution in [3.05, 3.63) is 12.0 Å². The molecule has 0 unspecified atom stereocenters. The molecule has 6 heavy (non-hydrogen) atoms. The first-order valence-electron chi connectivity index (χ1n) is 1.51. The second kappa shape index (κ2) is 2.53. The van der Waals surface area contributed by atoms with E-state index in [-0.39, 0.29) is 12.3 Å². The van der Waals surface area contributed by atoms with Crippen molar-refractivity contribution in [2.45, 2.75) is 0 Å². The molecule has 0 amide bonds. The van der Waals surface area contributed by atoms with Gasteiger partial charge in [0.05, 0.1) is 12.3 Å². The van der Waals surface area contributed by atoms with Crippen molar-refractivity contribution in [3.63, 3.8) is 0 Å². The van der Waals surface area contributed by atoms with Crippen LogP contribution in [0.5, 0.6) is 0 Å². The molecule has 0 heterocycles. The fraction of sp³-hybridized carbons (Fsp3) is 0.333. The van der Waals surface area contributed by atoms with Gasteiger partial charge in [0.25, 0.3) is 0 Å². The first kappa shape index (κ1) is 5.30. The number of nitrogens with two attached hydrogens (primary N) is 1. The van der Waals surface area contributed by atoms with Gasteiger partial charge in [0, 0.05) is 0 Å². The van der Waals surface area contributed by atoms with Crippen molar-refractivity contribution in [2.75, 3.05) is 6.61 Å². The minimum atomic E-state index is -0.281. The van der Waals surface area contributed by atoms with Gasteiger partial charge in [-0.25, -0.2) is 0 Å². The molecule has 4 N–H and O–H groups in total. The fourth-order valence-corrected chi connectivity index (χ4v) is 0.0408. The van der Waals surface area contributed by atoms with Crippen molar-refractivity contribution in [3.8, 4) is 0 Å². The van der Waals surface area contributed by atoms with Gasteiger partial charge in [0.2, 0.25) is 0 Å². The molecular formula is C3H7NO2. The predicted octanol–water partition coefficient (Wildman–Crippen LogP) is -0.663. The first-order chi connectivity index (χ1) is 2.81. The number of rotatable bonds is 1. The molecular weight excluding hydrogens is 82.0 g/mol. The molecule has 0 rings (SSSR count). The second-order valence-corrected chi connectivity index (χ2v) is 0.862. The molecule has 0 bridgehead atoms. The topological polar surface area (TPSA) is 66.5 Å². The van der Waals surface area contributed by atoms with E-state index in [1.807, 2.05) is 0 Å². The second-order valence-electron chi connectivity index (χ2n) is 0.862. The molecule has 0 aliphatic carbocycles. The van der Waals surface area contributed by atoms with E-state index < -0.39 is 0 Å². The quantitative estimate of drug-likeness (QED) is 0.373. The lowest BCUT2D eigenvalue weighted by Crippen LogP contribution is -2.00. The van der Waals surface area contributed by atoms with Crippen LogP contribution in [-0.4, -0.2) is 16.8 Å². The van der Waals surface area contributed by atoms with Gasteiger partial charge in [-0.05, 0) is 0 Å². The Morgan fingerprint density at radius 3 is 2.33 bits per heavy atom. The highest BCUT2D eigenvalue weighted by Crippen LogP contribution is 1.71. The van der Waals surface area contributed by atoms with Crippen LogP contribution in [0, 0.1) is 0 Å². The van der Waals surface area contributed by atoms with E-state index in [0.717, 1.165) is 0 Å². The van der Waals surface area contributed by atoms with Gasteiger partial charge in [-0.3, -0.25) is 0 Å². The summed E-state index contributed by atoms with van der Waals surface area (Å²) in [6.45, 7) is -0.281. The summed E-state index contributed by atoms with van der Waals surface area (Å²) in [7, 11) is 0. The van der Waals surface area contributed by atoms with Crippen LogP contribution < -0.4 is 5.73 Å². The zero-order valence-electron chi connectivity index (χ0n) is 3.26. The van der Waals surface area contributed by atoms with Gasteiger partial charge in [-0.1, -0.05) is 0 Å². The molecule has 0 spiro atoms. The minimum Gasteiger partial charge on any atom is -0.514 e. The van der Waals surface area contributed by atoms with Gasteiger partial charge >= 0.3 is 0 Å². The summed E-state index contributed by atoms with van der Waals surface area (Å²) in [6.07, 6.45) is 0.667. The van der Waals surface area contributed by atoms with E-state index in [0.29, 0.717) is 6.26 Å². The Labute approximate surface area is 35.7 Å². The molecule has 36 valence electrons. The largest absolute Gasteiger partial charge is 0.514 e. The molecule has 3 nitrogen and oxygen atoms in total. The Bertz CT molecular complexity index is 59.8. The summed E-state index contributed by atoms with van der Waals surface area (Å²) in [5, 5.41) is 15.9. The Morgan fingerprint density at radius 2 is 2.33 bits per heavy atom. The maximum atomic E-state index is 7.98. The molecule has 0 saturated carbocycles. The van der Waals surface area contributed by atoms with E-state index in [1.54, 1.807) is 0 Å². The van der Waals surface area contributed by atoms with Gasteiger partial charge in [-0.15, -0.1) is 0 Å². The van der Waals surface area contributed by atoms with Crippen molar-refractivity contribution in [1.29, 1.82) is 0 Å². The molecule has 0 atom stereocenters. The summed E-state index contributed by atoms with van der Waals surface area (Å²) < 4.78 is 0. The van der Waals surface area contributed by atoms with Crippen LogP contribution in [-0.2, 0) is 0 Å². The summed E-state index contributed by atoms with van der Waals surface area (Å²) >= 11 is 0. The van der Waals surface area contributed by atoms with Crippen LogP contribution >= 0.6 is 0 Å². The van der Waals surface area contributed by atoms with E-state index in [9.17, 15) is 0 Å². The minimum absolute atomic E-state index is 0.0787. The van der Waals surface area contributed by atoms with Crippen LogP contribution in [0.25, 0.3) is 0 Å². The normalized spacial score (nSPS) is 11.8. The third-order valence-electron chi connectivity index (χ3n) is 0.348. The monoisotopic (exact) mass is 89.0 g/mol. The predicted molar refractivity (Wildman–Crippen MR) is 22.0 cm³/mol. The molecule has 3 heteroatoms. The highest BCUT2D eigenvalue weighted by molar-refractivity contribution is 4.88. The third kappa shape index (κ3) is 1.60. The number of aliphatic hydroxyl groups is 2. The van der Waals surface area contributed by atoms with Crippen molar-refractivity contribution in [2.24, 2.45) is 5.73 Å². The van der Waals surface area contributed by atoms with Crippen LogP contribution in [0.1, 0.15) is 0 Å². The van der Waals surface area contributed by atoms with E-state index in [2.05, 4.69) is 0 Å². The van der Waals surface area contributed by atoms with E-state index in [1.165, 1.54) is 0 Å². The van der Waals surface area contributed by atoms with E-state index >= 15 is 0 Å². The van der Waals surface area contributed by atoms with Gasteiger partial charge in [-0.2, -0.15) is 0 Å². The molecule has 0 aromatic carbocycles. The van der Waals surface area contributed by atoms with Crippen LogP contribution in [0.2, 0.25) is 0 Å². The summed E-state index contributed by atoms with van der Waals surface area (Å²) in [4.78, 5) is 0. The van der Waals surface area contributed by atoms with Crippen LogP contribution in [0.4, 0.5) is 0 Å². The smallest absolute Gasteiger partial charge is 0.100 e. The van der Waals surface area contributed by atoms with Crippen LogP contribution in [0.15, 0.2) is 12.0 Å². The van der Waals surface area contributed by atoms with Gasteiger partial charge < -0.3 is 15.9 Å². The summed E-state index contributed by atoms with van der Waals surface area (Å²) in [5.41, 5.74) is 4.91. The zero-order valence-corrected chi connectivity index (χ0v) is 3.26. The zero-order chi connectivity index (χ0) is 4.99. The molecule has 0 aliphatic heterocycles. The molecule has 0 saturated heterocycles. The summed E-state index contributed by atoms with van der Waals surface area (Å²) in [6, 6.07) is 0. The Morgan fingerprint density at radius 1 is 1.83 bits per heavy atom. The van der Waals surface area contributed by atoms with Crippen molar-refractivity contribution < 1.29 is 10.2 Å². The average Bonchev–Trinajstić information content (AvgIpc) is 1.65. The lowest BCUT2D eigenvalue weighted by Gasteiger charge is -1.84. The number of aliphatic hydroxyl groups excluding tert-OH is 2. The molecule has 0 fully saturated rings. The Hall–Kier alpha value is -0.700. The van der Waals surface area contributed by atoms with Crippen molar-refractivity contribution >= 4 is 0 Å². The van der Waals surface area contributed by atoms with Crippen LogP contribution in [0.3, 0.4) is 0 Å². The van der Waals surface area contributed by atoms with Crippen molar-refractivity contribution in [1.82, 2.24) is 0 Å². The van der Waals surface area contributed by atoms with Gasteiger partial charge in [0.15, 0.2) is 0 Å². The molecule has 0 radical (unpaired) electrons. The maximum Gasteiger partial charge on any atom is 0.100 e. The molecule has 0 aromatic heterocycles. The lowest BCUT2D eigenvalue weighted by molar-refractivity contribution is 0.322. The molecule has 0 aromatic rings. The Balaban J connectivity index is 3.22. The summed E-state index contributed by atoms with van der Waals surface area (Å²) in [5.74, 6) is 0. The third-order valence-corrected chi connectivity index (χ3v) is 0.348. The maximum absolute atomic E-state index is 7.98. The first-order valence-corrected chi connectivity index (χ1v) is 1.51. The highest BCUT2D eigenvalue weighted by Gasteiger charge is 1.77. The number of hydrogen-bond donors (Lipinski definition) is 3. The number of hydrogen-bond acceptors (Lipinski definition) is 3. The van der Waals surface area contributed by atoms with E-state index in [4.69, 9.17) is 15.9 Å². The lowest BCUT2D eigenvalue weighted by atomic mass is 10.5. The highest BCUT2D eigenvalue weighted by atomic mass is 16.3. The average molecular weight is 89.1 g/mol. The SMILES string of the molecule is N/C(=C/O)CO. The van der Waals surface area contributed by atoms with Gasteiger partial charge in [0.1, 0.15) is 6.26 Å².